The van der Waals surface area contributed by atoms with Crippen LogP contribution in [0.25, 0.3) is 22.2 Å². The minimum atomic E-state index is -1.11. The van der Waals surface area contributed by atoms with Gasteiger partial charge in [0.05, 0.1) is 21.4 Å². The first kappa shape index (κ1) is 20.0. The average molecular weight is 401 g/mol. The molecule has 0 saturated carbocycles. The van der Waals surface area contributed by atoms with Gasteiger partial charge in [0.25, 0.3) is 0 Å². The van der Waals surface area contributed by atoms with Crippen LogP contribution in [0.1, 0.15) is 33.5 Å². The van der Waals surface area contributed by atoms with Crippen molar-refractivity contribution in [3.8, 4) is 11.3 Å². The van der Waals surface area contributed by atoms with Gasteiger partial charge in [-0.15, -0.1) is 0 Å². The average Bonchev–Trinajstić information content (AvgIpc) is 3.10. The number of rotatable bonds is 2. The third-order valence-electron chi connectivity index (χ3n) is 6.60. The van der Waals surface area contributed by atoms with Gasteiger partial charge in [0.15, 0.2) is 0 Å². The SMILES string of the molecule is [B]C1([B])c2c(C)cc(-c3cccc4[nH]cc(C)c34)nc2CCN1c1c(C)cccc1C. The highest BCUT2D eigenvalue weighted by molar-refractivity contribution is 6.42. The Balaban J connectivity index is 1.66. The minimum Gasteiger partial charge on any atom is -0.378 e. The Kier molecular flexibility index (Phi) is 4.55. The van der Waals surface area contributed by atoms with Crippen molar-refractivity contribution in [3.63, 3.8) is 0 Å². The fourth-order valence-corrected chi connectivity index (χ4v) is 5.24. The molecule has 0 spiro atoms. The van der Waals surface area contributed by atoms with Gasteiger partial charge in [-0.25, -0.2) is 0 Å². The number of anilines is 1. The topological polar surface area (TPSA) is 31.9 Å². The summed E-state index contributed by atoms with van der Waals surface area (Å²) < 4.78 is 0. The van der Waals surface area contributed by atoms with Crippen LogP contribution in [-0.4, -0.2) is 32.2 Å². The number of nitrogens with one attached hydrogen (secondary N) is 1. The van der Waals surface area contributed by atoms with E-state index in [9.17, 15) is 0 Å². The lowest BCUT2D eigenvalue weighted by atomic mass is 9.54. The van der Waals surface area contributed by atoms with Gasteiger partial charge in [-0.05, 0) is 73.0 Å². The minimum absolute atomic E-state index is 0.731. The summed E-state index contributed by atoms with van der Waals surface area (Å²) in [6.07, 6.45) is 2.85. The number of benzene rings is 2. The van der Waals surface area contributed by atoms with E-state index in [-0.39, 0.29) is 0 Å². The molecule has 2 aromatic carbocycles. The number of aromatic amines is 1. The molecule has 0 saturated heterocycles. The Hall–Kier alpha value is -2.94. The number of fused-ring (bicyclic) bond motifs is 2. The van der Waals surface area contributed by atoms with Crippen LogP contribution < -0.4 is 4.90 Å². The molecule has 4 radical (unpaired) electrons. The lowest BCUT2D eigenvalue weighted by Gasteiger charge is -2.48. The zero-order valence-corrected chi connectivity index (χ0v) is 18.6. The Morgan fingerprint density at radius 2 is 1.65 bits per heavy atom. The molecule has 0 bridgehead atoms. The summed E-state index contributed by atoms with van der Waals surface area (Å²) in [4.78, 5) is 10.6. The molecule has 0 fully saturated rings. The van der Waals surface area contributed by atoms with Crippen LogP contribution in [-0.2, 0) is 11.8 Å². The van der Waals surface area contributed by atoms with Gasteiger partial charge >= 0.3 is 0 Å². The lowest BCUT2D eigenvalue weighted by Crippen LogP contribution is -2.53. The Bertz CT molecular complexity index is 1300. The lowest BCUT2D eigenvalue weighted by molar-refractivity contribution is 0.641. The van der Waals surface area contributed by atoms with Crippen molar-refractivity contribution in [1.82, 2.24) is 9.97 Å². The molecule has 2 aromatic heterocycles. The molecule has 31 heavy (non-hydrogen) atoms. The maximum absolute atomic E-state index is 6.85. The Morgan fingerprint density at radius 3 is 2.39 bits per heavy atom. The second kappa shape index (κ2) is 7.05. The molecule has 150 valence electrons. The van der Waals surface area contributed by atoms with Crippen LogP contribution in [0.4, 0.5) is 5.69 Å². The third-order valence-corrected chi connectivity index (χ3v) is 6.60. The number of H-pyrrole nitrogens is 1. The van der Waals surface area contributed by atoms with E-state index in [1.54, 1.807) is 0 Å². The molecule has 3 nitrogen and oxygen atoms in total. The van der Waals surface area contributed by atoms with Gasteiger partial charge in [0.2, 0.25) is 0 Å². The molecule has 5 rings (SSSR count). The van der Waals surface area contributed by atoms with E-state index in [1.807, 2.05) is 6.20 Å². The van der Waals surface area contributed by atoms with E-state index in [0.29, 0.717) is 0 Å². The number of nitrogens with zero attached hydrogens (tertiary/aromatic N) is 2. The molecular weight excluding hydrogens is 376 g/mol. The molecule has 1 aliphatic rings. The fraction of sp³-hybridized carbons (Fsp3) is 0.269. The van der Waals surface area contributed by atoms with Gasteiger partial charge in [0.1, 0.15) is 0 Å². The molecule has 1 aliphatic heterocycles. The highest BCUT2D eigenvalue weighted by Gasteiger charge is 2.37. The molecule has 0 amide bonds. The summed E-state index contributed by atoms with van der Waals surface area (Å²) in [6.45, 7) is 9.18. The monoisotopic (exact) mass is 401 g/mol. The van der Waals surface area contributed by atoms with Crippen molar-refractivity contribution < 1.29 is 0 Å². The summed E-state index contributed by atoms with van der Waals surface area (Å²) in [5.41, 5.74) is 10.9. The number of hydrogen-bond acceptors (Lipinski definition) is 2. The molecule has 5 heteroatoms. The number of pyridine rings is 1. The standard InChI is InChI=1S/C26H25B2N3/c1-15-7-5-8-16(2)25(15)31-12-11-21-24(26(31,27)28)17(3)13-22(30-21)19-9-6-10-20-23(19)18(4)14-29-20/h5-10,13-14,29H,11-12H2,1-4H3. The van der Waals surface area contributed by atoms with Crippen LogP contribution in [0.5, 0.6) is 0 Å². The number of aryl methyl sites for hydroxylation is 4. The van der Waals surface area contributed by atoms with E-state index in [1.165, 1.54) is 22.1 Å². The van der Waals surface area contributed by atoms with Gasteiger partial charge in [-0.1, -0.05) is 30.3 Å². The predicted octanol–water partition coefficient (Wildman–Crippen LogP) is 4.97. The zero-order valence-electron chi connectivity index (χ0n) is 18.6. The first-order valence-corrected chi connectivity index (χ1v) is 10.8. The maximum atomic E-state index is 6.85. The van der Waals surface area contributed by atoms with Crippen LogP contribution in [0, 0.1) is 27.7 Å². The molecule has 4 aromatic rings. The zero-order chi connectivity index (χ0) is 21.9. The van der Waals surface area contributed by atoms with Crippen molar-refractivity contribution in [2.45, 2.75) is 39.5 Å². The first-order valence-electron chi connectivity index (χ1n) is 10.8. The maximum Gasteiger partial charge on any atom is 0.0966 e. The smallest absolute Gasteiger partial charge is 0.0966 e. The summed E-state index contributed by atoms with van der Waals surface area (Å²) in [6, 6.07) is 14.7. The summed E-state index contributed by atoms with van der Waals surface area (Å²) in [7, 11) is 13.7. The third kappa shape index (κ3) is 3.02. The van der Waals surface area contributed by atoms with Gasteiger partial charge in [-0.3, -0.25) is 4.98 Å². The van der Waals surface area contributed by atoms with Gasteiger partial charge in [0, 0.05) is 47.0 Å². The molecule has 3 heterocycles. The van der Waals surface area contributed by atoms with Crippen molar-refractivity contribution in [2.75, 3.05) is 11.4 Å². The molecule has 1 N–H and O–H groups in total. The molecular formula is C26H25B2N3. The normalized spacial score (nSPS) is 15.3. The molecule has 0 aliphatic carbocycles. The summed E-state index contributed by atoms with van der Waals surface area (Å²) >= 11 is 0. The van der Waals surface area contributed by atoms with E-state index in [2.05, 4.69) is 80.0 Å². The van der Waals surface area contributed by atoms with Crippen LogP contribution in [0.3, 0.4) is 0 Å². The van der Waals surface area contributed by atoms with E-state index in [4.69, 9.17) is 20.7 Å². The largest absolute Gasteiger partial charge is 0.378 e. The van der Waals surface area contributed by atoms with E-state index in [0.717, 1.165) is 52.2 Å². The second-order valence-corrected chi connectivity index (χ2v) is 8.81. The Labute approximate surface area is 186 Å². The van der Waals surface area contributed by atoms with Crippen molar-refractivity contribution in [3.05, 3.63) is 82.2 Å². The second-order valence-electron chi connectivity index (χ2n) is 8.81. The van der Waals surface area contributed by atoms with Crippen molar-refractivity contribution in [2.24, 2.45) is 0 Å². The predicted molar refractivity (Wildman–Crippen MR) is 131 cm³/mol. The highest BCUT2D eigenvalue weighted by atomic mass is 15.2. The molecule has 0 unspecified atom stereocenters. The van der Waals surface area contributed by atoms with Crippen LogP contribution in [0.15, 0.2) is 48.7 Å². The van der Waals surface area contributed by atoms with E-state index < -0.39 is 5.34 Å². The summed E-state index contributed by atoms with van der Waals surface area (Å²) in [5, 5.41) is 0.102. The number of aromatic nitrogens is 2. The quantitative estimate of drug-likeness (QED) is 0.481. The Morgan fingerprint density at radius 1 is 0.935 bits per heavy atom. The number of hydrogen-bond donors (Lipinski definition) is 1. The van der Waals surface area contributed by atoms with Crippen molar-refractivity contribution >= 4 is 32.3 Å². The van der Waals surface area contributed by atoms with Crippen molar-refractivity contribution in [1.29, 1.82) is 0 Å². The van der Waals surface area contributed by atoms with Crippen LogP contribution >= 0.6 is 0 Å². The number of para-hydroxylation sites is 1. The first-order chi connectivity index (χ1) is 14.8. The van der Waals surface area contributed by atoms with E-state index >= 15 is 0 Å². The summed E-state index contributed by atoms with van der Waals surface area (Å²) in [5.74, 6) is 0. The van der Waals surface area contributed by atoms with Gasteiger partial charge < -0.3 is 9.88 Å². The molecule has 0 atom stereocenters. The highest BCUT2D eigenvalue weighted by Crippen LogP contribution is 2.40. The fourth-order valence-electron chi connectivity index (χ4n) is 5.24. The van der Waals surface area contributed by atoms with Crippen LogP contribution in [0.2, 0.25) is 0 Å². The van der Waals surface area contributed by atoms with Gasteiger partial charge in [-0.2, -0.15) is 0 Å².